The molecule has 2 aromatic rings. The van der Waals surface area contributed by atoms with Gasteiger partial charge in [-0.3, -0.25) is 4.79 Å². The van der Waals surface area contributed by atoms with Crippen LogP contribution in [0, 0.1) is 5.82 Å². The average Bonchev–Trinajstić information content (AvgIpc) is 2.34. The van der Waals surface area contributed by atoms with Gasteiger partial charge in [0, 0.05) is 6.07 Å². The van der Waals surface area contributed by atoms with Crippen LogP contribution in [0.15, 0.2) is 29.3 Å². The summed E-state index contributed by atoms with van der Waals surface area (Å²) in [6.45, 7) is 0. The highest BCUT2D eigenvalue weighted by Gasteiger charge is 2.13. The number of aromatic amines is 1. The molecule has 0 radical (unpaired) electrons. The molecule has 0 unspecified atom stereocenters. The lowest BCUT2D eigenvalue weighted by Crippen LogP contribution is -2.08. The molecule has 1 aromatic heterocycles. The Morgan fingerprint density at radius 1 is 1.47 bits per heavy atom. The second kappa shape index (κ2) is 5.07. The van der Waals surface area contributed by atoms with Gasteiger partial charge in [-0.05, 0) is 12.1 Å². The molecule has 0 bridgehead atoms. The first kappa shape index (κ1) is 13.0. The van der Waals surface area contributed by atoms with Gasteiger partial charge in [0.2, 0.25) is 5.88 Å². The number of carboxylic acids is 1. The van der Waals surface area contributed by atoms with Gasteiger partial charge >= 0.3 is 5.97 Å². The van der Waals surface area contributed by atoms with Crippen LogP contribution in [0.4, 0.5) is 4.39 Å². The number of benzene rings is 1. The van der Waals surface area contributed by atoms with Crippen molar-refractivity contribution in [3.63, 3.8) is 0 Å². The van der Waals surface area contributed by atoms with Crippen LogP contribution in [-0.2, 0) is 0 Å². The number of hydrogen-bond donors (Lipinski definition) is 2. The zero-order chi connectivity index (χ0) is 14.0. The quantitative estimate of drug-likeness (QED) is 0.900. The Labute approximate surface area is 110 Å². The molecule has 1 aromatic carbocycles. The van der Waals surface area contributed by atoms with E-state index >= 15 is 0 Å². The SMILES string of the molecule is O=C(O)c1ccc(Oc2nc[nH]c(=O)c2Cl)cc1F. The largest absolute Gasteiger partial charge is 0.478 e. The Morgan fingerprint density at radius 2 is 2.21 bits per heavy atom. The van der Waals surface area contributed by atoms with E-state index in [1.54, 1.807) is 0 Å². The summed E-state index contributed by atoms with van der Waals surface area (Å²) in [5, 5.41) is 8.38. The number of H-pyrrole nitrogens is 1. The Bertz CT molecular complexity index is 701. The summed E-state index contributed by atoms with van der Waals surface area (Å²) in [5.41, 5.74) is -1.09. The molecule has 0 aliphatic rings. The first-order valence-electron chi connectivity index (χ1n) is 4.93. The van der Waals surface area contributed by atoms with Crippen molar-refractivity contribution >= 4 is 17.6 Å². The molecule has 0 saturated carbocycles. The summed E-state index contributed by atoms with van der Waals surface area (Å²) < 4.78 is 18.5. The smallest absolute Gasteiger partial charge is 0.338 e. The van der Waals surface area contributed by atoms with Crippen LogP contribution >= 0.6 is 11.6 Å². The number of hydrogen-bond acceptors (Lipinski definition) is 4. The topological polar surface area (TPSA) is 92.3 Å². The molecule has 0 atom stereocenters. The zero-order valence-corrected chi connectivity index (χ0v) is 9.94. The van der Waals surface area contributed by atoms with Crippen LogP contribution in [0.1, 0.15) is 10.4 Å². The molecule has 98 valence electrons. The van der Waals surface area contributed by atoms with E-state index in [9.17, 15) is 14.0 Å². The molecule has 0 aliphatic carbocycles. The van der Waals surface area contributed by atoms with Gasteiger partial charge in [0.15, 0.2) is 5.02 Å². The Morgan fingerprint density at radius 3 is 2.84 bits per heavy atom. The van der Waals surface area contributed by atoms with E-state index in [4.69, 9.17) is 21.4 Å². The summed E-state index contributed by atoms with van der Waals surface area (Å²) in [7, 11) is 0. The maximum absolute atomic E-state index is 13.4. The number of carboxylic acid groups (broad SMARTS) is 1. The summed E-state index contributed by atoms with van der Waals surface area (Å²) >= 11 is 5.65. The highest BCUT2D eigenvalue weighted by atomic mass is 35.5. The van der Waals surface area contributed by atoms with Crippen LogP contribution in [0.25, 0.3) is 0 Å². The molecule has 2 N–H and O–H groups in total. The number of aromatic nitrogens is 2. The highest BCUT2D eigenvalue weighted by molar-refractivity contribution is 6.31. The van der Waals surface area contributed by atoms with E-state index in [0.717, 1.165) is 18.5 Å². The van der Waals surface area contributed by atoms with E-state index in [0.29, 0.717) is 0 Å². The van der Waals surface area contributed by atoms with Gasteiger partial charge in [0.1, 0.15) is 11.6 Å². The van der Waals surface area contributed by atoms with Gasteiger partial charge in [-0.2, -0.15) is 0 Å². The minimum absolute atomic E-state index is 0.0255. The van der Waals surface area contributed by atoms with Crippen LogP contribution in [0.5, 0.6) is 11.6 Å². The Kier molecular flexibility index (Phi) is 3.48. The van der Waals surface area contributed by atoms with Crippen LogP contribution < -0.4 is 10.3 Å². The van der Waals surface area contributed by atoms with Gasteiger partial charge in [0.25, 0.3) is 5.56 Å². The van der Waals surface area contributed by atoms with Crippen molar-refractivity contribution in [2.75, 3.05) is 0 Å². The van der Waals surface area contributed by atoms with Crippen molar-refractivity contribution in [2.45, 2.75) is 0 Å². The molecular weight excluding hydrogens is 279 g/mol. The van der Waals surface area contributed by atoms with Gasteiger partial charge in [-0.25, -0.2) is 14.2 Å². The van der Waals surface area contributed by atoms with Crippen molar-refractivity contribution in [1.82, 2.24) is 9.97 Å². The van der Waals surface area contributed by atoms with Crippen molar-refractivity contribution in [3.05, 3.63) is 51.3 Å². The van der Waals surface area contributed by atoms with Crippen LogP contribution in [0.2, 0.25) is 5.02 Å². The Hall–Kier alpha value is -2.41. The molecule has 1 heterocycles. The van der Waals surface area contributed by atoms with Gasteiger partial charge in [-0.15, -0.1) is 0 Å². The standard InChI is InChI=1S/C11H6ClFN2O4/c12-8-9(16)14-4-15-10(8)19-5-1-2-6(11(17)18)7(13)3-5/h1-4H,(H,17,18)(H,14,15,16). The van der Waals surface area contributed by atoms with Gasteiger partial charge in [-0.1, -0.05) is 11.6 Å². The van der Waals surface area contributed by atoms with Crippen LogP contribution in [-0.4, -0.2) is 21.0 Å². The van der Waals surface area contributed by atoms with E-state index in [1.165, 1.54) is 6.07 Å². The van der Waals surface area contributed by atoms with Crippen LogP contribution in [0.3, 0.4) is 0 Å². The fourth-order valence-electron chi connectivity index (χ4n) is 1.28. The molecule has 19 heavy (non-hydrogen) atoms. The van der Waals surface area contributed by atoms with Crippen molar-refractivity contribution in [1.29, 1.82) is 0 Å². The normalized spacial score (nSPS) is 10.2. The fourth-order valence-corrected chi connectivity index (χ4v) is 1.42. The third-order valence-corrected chi connectivity index (χ3v) is 2.48. The summed E-state index contributed by atoms with van der Waals surface area (Å²) in [6.07, 6.45) is 1.07. The summed E-state index contributed by atoms with van der Waals surface area (Å²) in [5.74, 6) is -2.59. The minimum Gasteiger partial charge on any atom is -0.478 e. The molecule has 0 aliphatic heterocycles. The molecule has 6 nitrogen and oxygen atoms in total. The summed E-state index contributed by atoms with van der Waals surface area (Å²) in [6, 6.07) is 3.13. The third-order valence-electron chi connectivity index (χ3n) is 2.15. The second-order valence-corrected chi connectivity index (χ2v) is 3.78. The fraction of sp³-hybridized carbons (Fsp3) is 0. The number of nitrogens with zero attached hydrogens (tertiary/aromatic N) is 1. The molecule has 2 rings (SSSR count). The first-order valence-corrected chi connectivity index (χ1v) is 5.30. The number of carbonyl (C=O) groups is 1. The van der Waals surface area contributed by atoms with E-state index in [1.807, 2.05) is 0 Å². The lowest BCUT2D eigenvalue weighted by Gasteiger charge is -2.06. The van der Waals surface area contributed by atoms with Gasteiger partial charge in [0.05, 0.1) is 11.9 Å². The minimum atomic E-state index is -1.39. The predicted molar refractivity (Wildman–Crippen MR) is 63.3 cm³/mol. The maximum atomic E-state index is 13.4. The number of aromatic carboxylic acids is 1. The van der Waals surface area contributed by atoms with E-state index < -0.39 is 22.9 Å². The number of rotatable bonds is 3. The van der Waals surface area contributed by atoms with E-state index in [2.05, 4.69) is 9.97 Å². The number of halogens is 2. The van der Waals surface area contributed by atoms with Crippen molar-refractivity contribution < 1.29 is 19.0 Å². The Balaban J connectivity index is 2.34. The third kappa shape index (κ3) is 2.71. The monoisotopic (exact) mass is 284 g/mol. The maximum Gasteiger partial charge on any atom is 0.338 e. The molecular formula is C11H6ClFN2O4. The second-order valence-electron chi connectivity index (χ2n) is 3.40. The number of ether oxygens (including phenoxy) is 1. The number of nitrogens with one attached hydrogen (secondary N) is 1. The average molecular weight is 285 g/mol. The zero-order valence-electron chi connectivity index (χ0n) is 9.18. The lowest BCUT2D eigenvalue weighted by molar-refractivity contribution is 0.0692. The molecule has 0 saturated heterocycles. The highest BCUT2D eigenvalue weighted by Crippen LogP contribution is 2.25. The molecule has 0 fully saturated rings. The first-order chi connectivity index (χ1) is 8.99. The lowest BCUT2D eigenvalue weighted by atomic mass is 10.2. The molecule has 0 amide bonds. The van der Waals surface area contributed by atoms with Crippen molar-refractivity contribution in [3.8, 4) is 11.6 Å². The summed E-state index contributed by atoms with van der Waals surface area (Å²) in [4.78, 5) is 27.7. The van der Waals surface area contributed by atoms with E-state index in [-0.39, 0.29) is 16.7 Å². The van der Waals surface area contributed by atoms with Gasteiger partial charge < -0.3 is 14.8 Å². The predicted octanol–water partition coefficient (Wildman–Crippen LogP) is 2.05. The molecule has 0 spiro atoms. The molecule has 8 heteroatoms. The van der Waals surface area contributed by atoms with Crippen molar-refractivity contribution in [2.24, 2.45) is 0 Å².